The molecule has 0 aromatic heterocycles. The topological polar surface area (TPSA) is 12.0 Å². The van der Waals surface area contributed by atoms with Crippen LogP contribution in [0.15, 0.2) is 12.2 Å². The molecule has 1 radical (unpaired) electrons. The zero-order chi connectivity index (χ0) is 6.53. The van der Waals surface area contributed by atoms with Crippen molar-refractivity contribution in [1.82, 2.24) is 5.32 Å². The third-order valence-corrected chi connectivity index (χ3v) is 1.57. The van der Waals surface area contributed by atoms with E-state index in [2.05, 4.69) is 30.9 Å². The van der Waals surface area contributed by atoms with Crippen LogP contribution in [0.5, 0.6) is 0 Å². The molecule has 1 aliphatic carbocycles. The van der Waals surface area contributed by atoms with Crippen LogP contribution < -0.4 is 5.32 Å². The monoisotopic (exact) mass is 212 g/mol. The van der Waals surface area contributed by atoms with Gasteiger partial charge >= 0.3 is 0 Å². The van der Waals surface area contributed by atoms with Crippen molar-refractivity contribution in [1.29, 1.82) is 0 Å². The molecule has 1 atom stereocenters. The molecule has 0 heterocycles. The molecule has 1 unspecified atom stereocenters. The van der Waals surface area contributed by atoms with Gasteiger partial charge in [-0.15, -0.1) is 12.0 Å². The van der Waals surface area contributed by atoms with Crippen LogP contribution in [0.4, 0.5) is 0 Å². The minimum Gasteiger partial charge on any atom is -0.474 e. The quantitative estimate of drug-likeness (QED) is 0.540. The van der Waals surface area contributed by atoms with Crippen LogP contribution in [-0.4, -0.2) is 6.54 Å². The molecule has 0 saturated carbocycles. The fourth-order valence-corrected chi connectivity index (χ4v) is 1.07. The van der Waals surface area contributed by atoms with Gasteiger partial charge < -0.3 is 11.7 Å². The molecule has 0 bridgehead atoms. The molecule has 0 aliphatic heterocycles. The Kier molecular flexibility index (Phi) is 7.03. The maximum Gasteiger partial charge on any atom is 0 e. The predicted molar refractivity (Wildman–Crippen MR) is 39.5 cm³/mol. The average Bonchev–Trinajstić information content (AvgIpc) is 1.91. The summed E-state index contributed by atoms with van der Waals surface area (Å²) < 4.78 is 0. The van der Waals surface area contributed by atoms with Gasteiger partial charge in [0.2, 0.25) is 0 Å². The zero-order valence-corrected chi connectivity index (χ0v) is 9.05. The molecular weight excluding hydrogens is 199 g/mol. The van der Waals surface area contributed by atoms with Crippen LogP contribution in [0.3, 0.4) is 0 Å². The van der Waals surface area contributed by atoms with Gasteiger partial charge in [0.1, 0.15) is 0 Å². The van der Waals surface area contributed by atoms with E-state index in [-0.39, 0.29) is 32.7 Å². The number of rotatable bonds is 2. The van der Waals surface area contributed by atoms with Crippen LogP contribution in [-0.2, 0) is 32.7 Å². The van der Waals surface area contributed by atoms with Gasteiger partial charge in [-0.2, -0.15) is 6.42 Å². The Labute approximate surface area is 88.5 Å². The second kappa shape index (κ2) is 6.51. The normalized spacial score (nSPS) is 23.9. The van der Waals surface area contributed by atoms with E-state index in [9.17, 15) is 0 Å². The van der Waals surface area contributed by atoms with Crippen LogP contribution >= 0.6 is 0 Å². The van der Waals surface area contributed by atoms with Crippen molar-refractivity contribution in [2.75, 3.05) is 6.54 Å². The van der Waals surface area contributed by atoms with Gasteiger partial charge in [-0.25, -0.2) is 0 Å². The van der Waals surface area contributed by atoms with Gasteiger partial charge in [0.15, 0.2) is 0 Å². The molecule has 55 valence electrons. The molecule has 0 saturated heterocycles. The third kappa shape index (κ3) is 3.85. The second-order valence-corrected chi connectivity index (χ2v) is 2.36. The Balaban J connectivity index is 0.000000810. The zero-order valence-electron chi connectivity index (χ0n) is 6.22. The summed E-state index contributed by atoms with van der Waals surface area (Å²) in [5.74, 6) is 0.622. The van der Waals surface area contributed by atoms with E-state index in [0.717, 1.165) is 6.54 Å². The second-order valence-electron chi connectivity index (χ2n) is 2.36. The van der Waals surface area contributed by atoms with Crippen molar-refractivity contribution in [3.8, 4) is 0 Å². The Morgan fingerprint density at radius 2 is 2.50 bits per heavy atom. The number of hydrogen-bond acceptors (Lipinski definition) is 1. The van der Waals surface area contributed by atoms with E-state index in [0.29, 0.717) is 5.92 Å². The first kappa shape index (κ1) is 10.8. The van der Waals surface area contributed by atoms with Gasteiger partial charge in [-0.1, -0.05) is 19.0 Å². The summed E-state index contributed by atoms with van der Waals surface area (Å²) in [4.78, 5) is 0. The average molecular weight is 212 g/mol. The van der Waals surface area contributed by atoms with Crippen molar-refractivity contribution in [3.63, 3.8) is 0 Å². The van der Waals surface area contributed by atoms with Crippen molar-refractivity contribution >= 4 is 0 Å². The Morgan fingerprint density at radius 3 is 3.00 bits per heavy atom. The molecule has 1 N–H and O–H groups in total. The SMILES string of the molecule is [CH2-]NCC1C=CCC[CH-]1.[Y]. The van der Waals surface area contributed by atoms with Crippen molar-refractivity contribution in [2.24, 2.45) is 5.92 Å². The first-order chi connectivity index (χ1) is 4.43. The van der Waals surface area contributed by atoms with E-state index in [1.165, 1.54) is 12.8 Å². The molecule has 1 nitrogen and oxygen atoms in total. The van der Waals surface area contributed by atoms with Gasteiger partial charge in [-0.3, -0.25) is 7.05 Å². The summed E-state index contributed by atoms with van der Waals surface area (Å²) in [6, 6.07) is 0. The van der Waals surface area contributed by atoms with Gasteiger partial charge in [-0.05, 0) is 0 Å². The maximum absolute atomic E-state index is 3.58. The predicted octanol–water partition coefficient (Wildman–Crippen LogP) is 1.54. The standard InChI is InChI=1S/C8H13N.Y/c1-9-7-8-5-3-2-4-6-8;/h3,5-6,8-9H,1-2,4,7H2;/q-2;. The van der Waals surface area contributed by atoms with Gasteiger partial charge in [0, 0.05) is 32.7 Å². The largest absolute Gasteiger partial charge is 0.474 e. The minimum absolute atomic E-state index is 0. The summed E-state index contributed by atoms with van der Waals surface area (Å²) in [5.41, 5.74) is 0. The minimum atomic E-state index is 0. The fraction of sp³-hybridized carbons (Fsp3) is 0.500. The van der Waals surface area contributed by atoms with Crippen molar-refractivity contribution < 1.29 is 32.7 Å². The van der Waals surface area contributed by atoms with Gasteiger partial charge in [0.05, 0.1) is 0 Å². The van der Waals surface area contributed by atoms with Crippen LogP contribution in [0, 0.1) is 19.4 Å². The summed E-state index contributed by atoms with van der Waals surface area (Å²) >= 11 is 0. The van der Waals surface area contributed by atoms with E-state index >= 15 is 0 Å². The molecule has 10 heavy (non-hydrogen) atoms. The van der Waals surface area contributed by atoms with Crippen LogP contribution in [0.1, 0.15) is 12.8 Å². The summed E-state index contributed by atoms with van der Waals surface area (Å²) in [6.07, 6.45) is 9.25. The van der Waals surface area contributed by atoms with Crippen LogP contribution in [0.25, 0.3) is 0 Å². The van der Waals surface area contributed by atoms with Crippen LogP contribution in [0.2, 0.25) is 0 Å². The molecule has 0 amide bonds. The van der Waals surface area contributed by atoms with Crippen molar-refractivity contribution in [3.05, 3.63) is 25.6 Å². The Hall–Kier alpha value is 0.804. The number of hydrogen-bond donors (Lipinski definition) is 1. The molecular formula is C8H13NY-2. The summed E-state index contributed by atoms with van der Waals surface area (Å²) in [7, 11) is 3.58. The van der Waals surface area contributed by atoms with Crippen molar-refractivity contribution in [2.45, 2.75) is 12.8 Å². The summed E-state index contributed by atoms with van der Waals surface area (Å²) in [5, 5.41) is 2.90. The van der Waals surface area contributed by atoms with E-state index in [1.54, 1.807) is 0 Å². The van der Waals surface area contributed by atoms with Gasteiger partial charge in [0.25, 0.3) is 0 Å². The molecule has 2 heteroatoms. The van der Waals surface area contributed by atoms with E-state index in [4.69, 9.17) is 0 Å². The molecule has 1 rings (SSSR count). The number of allylic oxidation sites excluding steroid dienone is 1. The Morgan fingerprint density at radius 1 is 1.70 bits per heavy atom. The molecule has 0 aromatic carbocycles. The maximum atomic E-state index is 3.58. The van der Waals surface area contributed by atoms with E-state index in [1.807, 2.05) is 0 Å². The number of nitrogens with one attached hydrogen (secondary N) is 1. The smallest absolute Gasteiger partial charge is 0 e. The third-order valence-electron chi connectivity index (χ3n) is 1.57. The Bertz CT molecular complexity index is 101. The first-order valence-corrected chi connectivity index (χ1v) is 3.43. The molecule has 0 spiro atoms. The first-order valence-electron chi connectivity index (χ1n) is 3.43. The fourth-order valence-electron chi connectivity index (χ4n) is 1.07. The van der Waals surface area contributed by atoms with E-state index < -0.39 is 0 Å². The molecule has 0 aromatic rings. The molecule has 0 fully saturated rings. The molecule has 1 aliphatic rings. The summed E-state index contributed by atoms with van der Waals surface area (Å²) in [6.45, 7) is 0.983.